The maximum absolute atomic E-state index is 10.8. The third-order valence-corrected chi connectivity index (χ3v) is 3.14. The Balaban J connectivity index is 3.33. The molecule has 17 heavy (non-hydrogen) atoms. The molecule has 0 fully saturated rings. The largest absolute Gasteiger partial charge is 0.496 e. The molecule has 1 rings (SSSR count). The predicted octanol–water partition coefficient (Wildman–Crippen LogP) is 3.10. The monoisotopic (exact) mass is 238 g/mol. The summed E-state index contributed by atoms with van der Waals surface area (Å²) < 4.78 is 10.7. The van der Waals surface area contributed by atoms with Gasteiger partial charge in [-0.1, -0.05) is 26.3 Å². The second kappa shape index (κ2) is 5.92. The normalized spacial score (nSPS) is 14.2. The number of methoxy groups -OCH3 is 2. The van der Waals surface area contributed by atoms with E-state index in [0.29, 0.717) is 24.3 Å². The lowest BCUT2D eigenvalue weighted by Gasteiger charge is -2.30. The zero-order valence-corrected chi connectivity index (χ0v) is 11.1. The molecule has 3 heteroatoms. The third-order valence-electron chi connectivity index (χ3n) is 3.14. The number of hydrogen-bond donors (Lipinski definition) is 1. The van der Waals surface area contributed by atoms with E-state index in [1.807, 2.05) is 25.1 Å². The maximum atomic E-state index is 10.8. The zero-order valence-electron chi connectivity index (χ0n) is 11.1. The summed E-state index contributed by atoms with van der Waals surface area (Å²) in [4.78, 5) is 0. The van der Waals surface area contributed by atoms with Crippen molar-refractivity contribution in [3.63, 3.8) is 0 Å². The van der Waals surface area contributed by atoms with Gasteiger partial charge in [0, 0.05) is 0 Å². The molecule has 0 aliphatic carbocycles. The lowest BCUT2D eigenvalue weighted by atomic mass is 9.85. The molecule has 0 aromatic heterocycles. The van der Waals surface area contributed by atoms with Crippen LogP contribution in [-0.4, -0.2) is 19.3 Å². The molecule has 1 aromatic rings. The van der Waals surface area contributed by atoms with Gasteiger partial charge < -0.3 is 14.6 Å². The summed E-state index contributed by atoms with van der Waals surface area (Å²) in [6.45, 7) is 4.03. The third kappa shape index (κ3) is 2.72. The van der Waals surface area contributed by atoms with Crippen molar-refractivity contribution in [3.05, 3.63) is 23.8 Å². The van der Waals surface area contributed by atoms with Crippen LogP contribution in [0.2, 0.25) is 0 Å². The van der Waals surface area contributed by atoms with Gasteiger partial charge in [0.1, 0.15) is 11.5 Å². The van der Waals surface area contributed by atoms with Gasteiger partial charge in [-0.2, -0.15) is 0 Å². The topological polar surface area (TPSA) is 38.7 Å². The minimum absolute atomic E-state index is 0.636. The highest BCUT2D eigenvalue weighted by Crippen LogP contribution is 2.42. The molecule has 1 aromatic carbocycles. The quantitative estimate of drug-likeness (QED) is 0.827. The summed E-state index contributed by atoms with van der Waals surface area (Å²) in [7, 11) is 3.22. The molecule has 1 unspecified atom stereocenters. The molecule has 0 radical (unpaired) electrons. The Labute approximate surface area is 103 Å². The summed E-state index contributed by atoms with van der Waals surface area (Å²) in [5.41, 5.74) is -0.124. The van der Waals surface area contributed by atoms with Crippen molar-refractivity contribution in [3.8, 4) is 11.5 Å². The number of hydrogen-bond acceptors (Lipinski definition) is 3. The van der Waals surface area contributed by atoms with Crippen molar-refractivity contribution in [1.82, 2.24) is 0 Å². The van der Waals surface area contributed by atoms with E-state index in [1.54, 1.807) is 14.2 Å². The van der Waals surface area contributed by atoms with Crippen LogP contribution < -0.4 is 9.47 Å². The van der Waals surface area contributed by atoms with Crippen LogP contribution in [-0.2, 0) is 5.60 Å². The van der Waals surface area contributed by atoms with Crippen molar-refractivity contribution in [2.45, 2.75) is 38.7 Å². The van der Waals surface area contributed by atoms with E-state index in [-0.39, 0.29) is 0 Å². The van der Waals surface area contributed by atoms with Crippen LogP contribution in [0.15, 0.2) is 18.2 Å². The van der Waals surface area contributed by atoms with Crippen LogP contribution in [0.4, 0.5) is 0 Å². The molecule has 0 bridgehead atoms. The Morgan fingerprint density at radius 3 is 2.00 bits per heavy atom. The van der Waals surface area contributed by atoms with Gasteiger partial charge in [-0.25, -0.2) is 0 Å². The molecule has 0 spiro atoms. The van der Waals surface area contributed by atoms with Crippen molar-refractivity contribution in [2.24, 2.45) is 0 Å². The first-order valence-electron chi connectivity index (χ1n) is 6.06. The number of benzene rings is 1. The van der Waals surface area contributed by atoms with Crippen LogP contribution in [0.3, 0.4) is 0 Å². The number of aliphatic hydroxyl groups is 1. The lowest BCUT2D eigenvalue weighted by Crippen LogP contribution is -2.26. The van der Waals surface area contributed by atoms with E-state index < -0.39 is 5.60 Å². The van der Waals surface area contributed by atoms with Crippen molar-refractivity contribution >= 4 is 0 Å². The Morgan fingerprint density at radius 1 is 1.12 bits per heavy atom. The highest BCUT2D eigenvalue weighted by molar-refractivity contribution is 5.48. The summed E-state index contributed by atoms with van der Waals surface area (Å²) >= 11 is 0. The molecule has 96 valence electrons. The smallest absolute Gasteiger partial charge is 0.128 e. The van der Waals surface area contributed by atoms with Crippen LogP contribution >= 0.6 is 0 Å². The first-order chi connectivity index (χ1) is 8.12. The van der Waals surface area contributed by atoms with Gasteiger partial charge in [0.2, 0.25) is 0 Å². The molecule has 3 nitrogen and oxygen atoms in total. The minimum Gasteiger partial charge on any atom is -0.496 e. The van der Waals surface area contributed by atoms with Crippen molar-refractivity contribution < 1.29 is 14.6 Å². The first-order valence-corrected chi connectivity index (χ1v) is 6.06. The van der Waals surface area contributed by atoms with Gasteiger partial charge in [-0.3, -0.25) is 0 Å². The van der Waals surface area contributed by atoms with E-state index in [4.69, 9.17) is 9.47 Å². The van der Waals surface area contributed by atoms with E-state index in [2.05, 4.69) is 6.92 Å². The average molecular weight is 238 g/mol. The number of ether oxygens (including phenoxy) is 2. The summed E-state index contributed by atoms with van der Waals surface area (Å²) in [6.07, 6.45) is 2.24. The first kappa shape index (κ1) is 13.8. The molecule has 0 saturated carbocycles. The van der Waals surface area contributed by atoms with Gasteiger partial charge in [0.15, 0.2) is 0 Å². The minimum atomic E-state index is -0.882. The predicted molar refractivity (Wildman–Crippen MR) is 68.6 cm³/mol. The summed E-state index contributed by atoms with van der Waals surface area (Å²) in [6, 6.07) is 5.57. The molecule has 0 saturated heterocycles. The number of rotatable bonds is 6. The molecular weight excluding hydrogens is 216 g/mol. The van der Waals surface area contributed by atoms with Gasteiger partial charge >= 0.3 is 0 Å². The Kier molecular flexibility index (Phi) is 4.82. The second-order valence-corrected chi connectivity index (χ2v) is 4.17. The molecule has 0 aliphatic heterocycles. The van der Waals surface area contributed by atoms with E-state index in [1.165, 1.54) is 0 Å². The highest BCUT2D eigenvalue weighted by Gasteiger charge is 2.32. The van der Waals surface area contributed by atoms with Gasteiger partial charge in [-0.05, 0) is 25.0 Å². The lowest BCUT2D eigenvalue weighted by molar-refractivity contribution is 0.0181. The zero-order chi connectivity index (χ0) is 12.9. The molecule has 1 atom stereocenters. The highest BCUT2D eigenvalue weighted by atomic mass is 16.5. The van der Waals surface area contributed by atoms with E-state index in [9.17, 15) is 5.11 Å². The molecular formula is C14H22O3. The second-order valence-electron chi connectivity index (χ2n) is 4.17. The molecule has 0 amide bonds. The summed E-state index contributed by atoms with van der Waals surface area (Å²) in [5.74, 6) is 1.37. The fraction of sp³-hybridized carbons (Fsp3) is 0.571. The van der Waals surface area contributed by atoms with Crippen LogP contribution in [0.25, 0.3) is 0 Å². The fourth-order valence-corrected chi connectivity index (χ4v) is 2.20. The van der Waals surface area contributed by atoms with E-state index >= 15 is 0 Å². The Hall–Kier alpha value is -1.22. The average Bonchev–Trinajstić information content (AvgIpc) is 2.37. The fourth-order valence-electron chi connectivity index (χ4n) is 2.20. The SMILES string of the molecule is CCCC(O)(CC)c1c(OC)cccc1OC. The van der Waals surface area contributed by atoms with Crippen LogP contribution in [0.5, 0.6) is 11.5 Å². The van der Waals surface area contributed by atoms with Crippen molar-refractivity contribution in [2.75, 3.05) is 14.2 Å². The van der Waals surface area contributed by atoms with Gasteiger partial charge in [-0.15, -0.1) is 0 Å². The summed E-state index contributed by atoms with van der Waals surface area (Å²) in [5, 5.41) is 10.8. The van der Waals surface area contributed by atoms with Gasteiger partial charge in [0.05, 0.1) is 25.4 Å². The molecule has 0 aliphatic rings. The van der Waals surface area contributed by atoms with Crippen LogP contribution in [0, 0.1) is 0 Å². The molecule has 0 heterocycles. The maximum Gasteiger partial charge on any atom is 0.128 e. The Morgan fingerprint density at radius 2 is 1.65 bits per heavy atom. The van der Waals surface area contributed by atoms with Crippen molar-refractivity contribution in [1.29, 1.82) is 0 Å². The standard InChI is InChI=1S/C14H22O3/c1-5-10-14(15,6-2)13-11(16-3)8-7-9-12(13)17-4/h7-9,15H,5-6,10H2,1-4H3. The van der Waals surface area contributed by atoms with E-state index in [0.717, 1.165) is 12.0 Å². The van der Waals surface area contributed by atoms with Crippen LogP contribution in [0.1, 0.15) is 38.7 Å². The Bertz CT molecular complexity index is 340. The molecule has 1 N–H and O–H groups in total. The van der Waals surface area contributed by atoms with Gasteiger partial charge in [0.25, 0.3) is 0 Å².